The first-order valence-corrected chi connectivity index (χ1v) is 10.6. The molecule has 0 aliphatic rings. The largest absolute Gasteiger partial charge is 0.482 e. The van der Waals surface area contributed by atoms with E-state index >= 15 is 0 Å². The topological polar surface area (TPSA) is 77.2 Å². The number of nitrogens with zero attached hydrogens (tertiary/aromatic N) is 2. The van der Waals surface area contributed by atoms with E-state index in [4.69, 9.17) is 20.8 Å². The molecule has 0 fully saturated rings. The number of rotatable bonds is 9. The Morgan fingerprint density at radius 1 is 1.21 bits per heavy atom. The maximum Gasteiger partial charge on any atom is 0.277 e. The van der Waals surface area contributed by atoms with Gasteiger partial charge in [0.2, 0.25) is 5.91 Å². The van der Waals surface area contributed by atoms with Gasteiger partial charge in [0.15, 0.2) is 6.61 Å². The van der Waals surface area contributed by atoms with Crippen LogP contribution in [-0.4, -0.2) is 21.9 Å². The number of para-hydroxylation sites is 1. The molecule has 29 heavy (non-hydrogen) atoms. The van der Waals surface area contributed by atoms with Crippen molar-refractivity contribution in [3.63, 3.8) is 0 Å². The number of hydrogen-bond acceptors (Lipinski definition) is 6. The van der Waals surface area contributed by atoms with E-state index in [0.29, 0.717) is 27.8 Å². The molecular weight excluding hydrogens is 410 g/mol. The molecular formula is C21H22ClN3O3S. The van der Waals surface area contributed by atoms with Crippen LogP contribution >= 0.6 is 23.4 Å². The number of aromatic nitrogens is 2. The molecule has 0 radical (unpaired) electrons. The summed E-state index contributed by atoms with van der Waals surface area (Å²) in [6, 6.07) is 15.1. The number of amides is 1. The monoisotopic (exact) mass is 431 g/mol. The Morgan fingerprint density at radius 3 is 2.69 bits per heavy atom. The van der Waals surface area contributed by atoms with Crippen molar-refractivity contribution in [1.82, 2.24) is 10.2 Å². The maximum atomic E-state index is 12.2. The lowest BCUT2D eigenvalue weighted by Crippen LogP contribution is -2.14. The van der Waals surface area contributed by atoms with Crippen molar-refractivity contribution in [1.29, 1.82) is 0 Å². The number of carbonyl (C=O) groups excluding carboxylic acids is 1. The Labute approximate surface area is 179 Å². The van der Waals surface area contributed by atoms with Crippen molar-refractivity contribution in [3.8, 4) is 5.75 Å². The third-order valence-electron chi connectivity index (χ3n) is 4.34. The minimum absolute atomic E-state index is 0.103. The summed E-state index contributed by atoms with van der Waals surface area (Å²) in [6.45, 7) is 4.44. The number of hydrogen-bond donors (Lipinski definition) is 1. The number of carbonyl (C=O) groups is 1. The van der Waals surface area contributed by atoms with Crippen LogP contribution in [0.4, 0.5) is 5.69 Å². The van der Waals surface area contributed by atoms with Gasteiger partial charge in [0.1, 0.15) is 5.75 Å². The molecule has 2 aromatic carbocycles. The Kier molecular flexibility index (Phi) is 7.55. The summed E-state index contributed by atoms with van der Waals surface area (Å²) in [5.74, 6) is 1.39. The van der Waals surface area contributed by atoms with E-state index in [1.54, 1.807) is 12.1 Å². The second-order valence-corrected chi connectivity index (χ2v) is 7.78. The zero-order valence-corrected chi connectivity index (χ0v) is 17.8. The second-order valence-electron chi connectivity index (χ2n) is 6.45. The molecule has 0 bridgehead atoms. The van der Waals surface area contributed by atoms with E-state index in [0.717, 1.165) is 12.1 Å². The van der Waals surface area contributed by atoms with Crippen LogP contribution in [0.5, 0.6) is 5.75 Å². The smallest absolute Gasteiger partial charge is 0.277 e. The number of anilines is 1. The summed E-state index contributed by atoms with van der Waals surface area (Å²) in [5.41, 5.74) is 2.03. The van der Waals surface area contributed by atoms with Crippen LogP contribution in [0, 0.1) is 0 Å². The predicted octanol–water partition coefficient (Wildman–Crippen LogP) is 5.55. The van der Waals surface area contributed by atoms with Gasteiger partial charge in [-0.15, -0.1) is 10.2 Å². The Bertz CT molecular complexity index is 946. The molecule has 152 valence electrons. The highest BCUT2D eigenvalue weighted by atomic mass is 35.5. The molecule has 0 aliphatic heterocycles. The van der Waals surface area contributed by atoms with Gasteiger partial charge in [0.25, 0.3) is 11.1 Å². The Morgan fingerprint density at radius 2 is 1.97 bits per heavy atom. The summed E-state index contributed by atoms with van der Waals surface area (Å²) in [5, 5.41) is 11.5. The van der Waals surface area contributed by atoms with Crippen LogP contribution in [-0.2, 0) is 11.4 Å². The highest BCUT2D eigenvalue weighted by Gasteiger charge is 2.11. The number of nitrogens with one attached hydrogen (secondary N) is 1. The molecule has 8 heteroatoms. The molecule has 0 spiro atoms. The molecule has 1 heterocycles. The number of benzene rings is 2. The third-order valence-corrected chi connectivity index (χ3v) is 5.47. The Balaban J connectivity index is 1.45. The van der Waals surface area contributed by atoms with E-state index in [9.17, 15) is 4.79 Å². The zero-order valence-electron chi connectivity index (χ0n) is 16.2. The van der Waals surface area contributed by atoms with Crippen LogP contribution in [0.25, 0.3) is 0 Å². The molecule has 0 saturated heterocycles. The van der Waals surface area contributed by atoms with Gasteiger partial charge in [0, 0.05) is 5.69 Å². The van der Waals surface area contributed by atoms with Gasteiger partial charge in [-0.25, -0.2) is 0 Å². The highest BCUT2D eigenvalue weighted by molar-refractivity contribution is 7.99. The number of ether oxygens (including phenoxy) is 1. The van der Waals surface area contributed by atoms with Gasteiger partial charge >= 0.3 is 0 Å². The molecule has 1 amide bonds. The van der Waals surface area contributed by atoms with Crippen LogP contribution in [0.1, 0.15) is 37.6 Å². The first-order chi connectivity index (χ1) is 14.0. The molecule has 0 unspecified atom stereocenters. The SMILES string of the molecule is CC[C@@H](C)c1ccc(NC(=O)CSc2nnc(COc3ccccc3Cl)o2)cc1. The molecule has 3 rings (SSSR count). The summed E-state index contributed by atoms with van der Waals surface area (Å²) in [7, 11) is 0. The van der Waals surface area contributed by atoms with Crippen molar-refractivity contribution in [3.05, 3.63) is 65.0 Å². The molecule has 1 atom stereocenters. The second kappa shape index (κ2) is 10.3. The minimum Gasteiger partial charge on any atom is -0.482 e. The van der Waals surface area contributed by atoms with Gasteiger partial charge in [-0.05, 0) is 42.2 Å². The summed E-state index contributed by atoms with van der Waals surface area (Å²) in [6.07, 6.45) is 1.08. The van der Waals surface area contributed by atoms with Crippen LogP contribution in [0.3, 0.4) is 0 Å². The molecule has 3 aromatic rings. The molecule has 1 aromatic heterocycles. The predicted molar refractivity (Wildman–Crippen MR) is 115 cm³/mol. The van der Waals surface area contributed by atoms with Gasteiger partial charge in [-0.2, -0.15) is 0 Å². The van der Waals surface area contributed by atoms with E-state index in [1.165, 1.54) is 17.3 Å². The Hall–Kier alpha value is -2.51. The van der Waals surface area contributed by atoms with Crippen molar-refractivity contribution in [2.75, 3.05) is 11.1 Å². The van der Waals surface area contributed by atoms with E-state index in [2.05, 4.69) is 29.4 Å². The normalized spacial score (nSPS) is 11.8. The molecule has 0 saturated carbocycles. The third kappa shape index (κ3) is 6.24. The minimum atomic E-state index is -0.140. The van der Waals surface area contributed by atoms with E-state index in [1.807, 2.05) is 36.4 Å². The lowest BCUT2D eigenvalue weighted by atomic mass is 9.99. The average molecular weight is 432 g/mol. The molecule has 6 nitrogen and oxygen atoms in total. The highest BCUT2D eigenvalue weighted by Crippen LogP contribution is 2.25. The summed E-state index contributed by atoms with van der Waals surface area (Å²) < 4.78 is 11.1. The molecule has 0 aliphatic carbocycles. The standard InChI is InChI=1S/C21H22ClN3O3S/c1-3-14(2)15-8-10-16(11-9-15)23-19(26)13-29-21-25-24-20(28-21)12-27-18-7-5-4-6-17(18)22/h4-11,14H,3,12-13H2,1-2H3,(H,23,26)/t14-/m1/s1. The lowest BCUT2D eigenvalue weighted by molar-refractivity contribution is -0.113. The first kappa shape index (κ1) is 21.2. The fourth-order valence-corrected chi connectivity index (χ4v) is 3.28. The number of thioether (sulfide) groups is 1. The fraction of sp³-hybridized carbons (Fsp3) is 0.286. The molecule has 1 N–H and O–H groups in total. The van der Waals surface area contributed by atoms with Crippen molar-refractivity contribution >= 4 is 35.0 Å². The summed E-state index contributed by atoms with van der Waals surface area (Å²) in [4.78, 5) is 12.2. The van der Waals surface area contributed by atoms with Crippen molar-refractivity contribution in [2.45, 2.75) is 38.0 Å². The maximum absolute atomic E-state index is 12.2. The number of halogens is 1. The average Bonchev–Trinajstić information content (AvgIpc) is 3.19. The van der Waals surface area contributed by atoms with Gasteiger partial charge in [-0.3, -0.25) is 4.79 Å². The first-order valence-electron chi connectivity index (χ1n) is 9.27. The van der Waals surface area contributed by atoms with Gasteiger partial charge in [0.05, 0.1) is 10.8 Å². The van der Waals surface area contributed by atoms with Crippen molar-refractivity contribution < 1.29 is 13.9 Å². The van der Waals surface area contributed by atoms with Crippen molar-refractivity contribution in [2.24, 2.45) is 0 Å². The zero-order chi connectivity index (χ0) is 20.6. The van der Waals surface area contributed by atoms with Crippen LogP contribution < -0.4 is 10.1 Å². The van der Waals surface area contributed by atoms with E-state index < -0.39 is 0 Å². The van der Waals surface area contributed by atoms with Gasteiger partial charge in [-0.1, -0.05) is 61.5 Å². The van der Waals surface area contributed by atoms with E-state index in [-0.39, 0.29) is 18.3 Å². The quantitative estimate of drug-likeness (QED) is 0.448. The van der Waals surface area contributed by atoms with Crippen LogP contribution in [0.15, 0.2) is 58.2 Å². The summed E-state index contributed by atoms with van der Waals surface area (Å²) >= 11 is 7.21. The van der Waals surface area contributed by atoms with Crippen LogP contribution in [0.2, 0.25) is 5.02 Å². The lowest BCUT2D eigenvalue weighted by Gasteiger charge is -2.10. The fourth-order valence-electron chi connectivity index (χ4n) is 2.51. The van der Waals surface area contributed by atoms with Gasteiger partial charge < -0.3 is 14.5 Å².